The summed E-state index contributed by atoms with van der Waals surface area (Å²) in [7, 11) is 2.06. The summed E-state index contributed by atoms with van der Waals surface area (Å²) in [6.45, 7) is 0. The lowest BCUT2D eigenvalue weighted by atomic mass is 10.0. The Labute approximate surface area is 134 Å². The van der Waals surface area contributed by atoms with E-state index in [9.17, 15) is 0 Å². The molecular formula is C15H15Br2NS. The van der Waals surface area contributed by atoms with Crippen LogP contribution in [0.5, 0.6) is 0 Å². The molecule has 1 aliphatic rings. The van der Waals surface area contributed by atoms with Crippen molar-refractivity contribution in [1.82, 2.24) is 5.32 Å². The second kappa shape index (κ2) is 5.68. The number of nitrogens with one attached hydrogen (secondary N) is 1. The zero-order valence-corrected chi connectivity index (χ0v) is 14.6. The average molecular weight is 401 g/mol. The van der Waals surface area contributed by atoms with E-state index in [1.807, 2.05) is 11.3 Å². The normalized spacial score (nSPS) is 23.3. The third-order valence-electron chi connectivity index (χ3n) is 3.78. The van der Waals surface area contributed by atoms with E-state index < -0.39 is 0 Å². The summed E-state index contributed by atoms with van der Waals surface area (Å²) in [5.41, 5.74) is 1.47. The molecule has 1 N–H and O–H groups in total. The summed E-state index contributed by atoms with van der Waals surface area (Å²) in [6.07, 6.45) is 1.28. The standard InChI is InChI=1S/C15H15Br2NS/c1-18-14(13-8-12(16)15(17)19-13)11-7-10(11)9-5-3-2-4-6-9/h2-6,8,10-11,14,18H,7H2,1H3. The van der Waals surface area contributed by atoms with Gasteiger partial charge >= 0.3 is 0 Å². The Balaban J connectivity index is 1.78. The molecule has 1 nitrogen and oxygen atoms in total. The van der Waals surface area contributed by atoms with Gasteiger partial charge in [0, 0.05) is 15.4 Å². The van der Waals surface area contributed by atoms with Crippen LogP contribution in [0.3, 0.4) is 0 Å². The Bertz CT molecular complexity index is 547. The van der Waals surface area contributed by atoms with E-state index in [4.69, 9.17) is 0 Å². The van der Waals surface area contributed by atoms with Crippen LogP contribution in [0.2, 0.25) is 0 Å². The zero-order chi connectivity index (χ0) is 13.4. The highest BCUT2D eigenvalue weighted by Crippen LogP contribution is 2.55. The molecule has 3 rings (SSSR count). The van der Waals surface area contributed by atoms with Crippen molar-refractivity contribution in [3.63, 3.8) is 0 Å². The molecule has 2 aromatic rings. The molecular weight excluding hydrogens is 386 g/mol. The van der Waals surface area contributed by atoms with E-state index in [0.717, 1.165) is 4.47 Å². The van der Waals surface area contributed by atoms with Crippen LogP contribution in [-0.2, 0) is 0 Å². The third kappa shape index (κ3) is 2.82. The van der Waals surface area contributed by atoms with Crippen LogP contribution in [0.15, 0.2) is 44.7 Å². The van der Waals surface area contributed by atoms with Gasteiger partial charge in [0.2, 0.25) is 0 Å². The highest BCUT2D eigenvalue weighted by molar-refractivity contribution is 9.13. The quantitative estimate of drug-likeness (QED) is 0.730. The molecule has 1 saturated carbocycles. The molecule has 0 bridgehead atoms. The summed E-state index contributed by atoms with van der Waals surface area (Å²) in [5.74, 6) is 1.42. The molecule has 3 unspecified atom stereocenters. The largest absolute Gasteiger partial charge is 0.312 e. The van der Waals surface area contributed by atoms with Crippen molar-refractivity contribution in [2.24, 2.45) is 5.92 Å². The number of thiophene rings is 1. The second-order valence-corrected chi connectivity index (χ2v) is 8.21. The summed E-state index contributed by atoms with van der Waals surface area (Å²) in [4.78, 5) is 1.41. The minimum atomic E-state index is 0.456. The van der Waals surface area contributed by atoms with Crippen molar-refractivity contribution in [2.75, 3.05) is 7.05 Å². The van der Waals surface area contributed by atoms with Gasteiger partial charge in [-0.25, -0.2) is 0 Å². The molecule has 0 radical (unpaired) electrons. The maximum atomic E-state index is 3.59. The van der Waals surface area contributed by atoms with Crippen molar-refractivity contribution in [1.29, 1.82) is 0 Å². The molecule has 0 saturated heterocycles. The third-order valence-corrected chi connectivity index (χ3v) is 7.12. The van der Waals surface area contributed by atoms with Crippen LogP contribution in [0.1, 0.15) is 28.8 Å². The van der Waals surface area contributed by atoms with Crippen molar-refractivity contribution >= 4 is 43.2 Å². The number of hydrogen-bond acceptors (Lipinski definition) is 2. The summed E-state index contributed by atoms with van der Waals surface area (Å²) in [6, 6.07) is 13.5. The molecule has 3 atom stereocenters. The Kier molecular flexibility index (Phi) is 4.13. The van der Waals surface area contributed by atoms with Gasteiger partial charge in [-0.15, -0.1) is 11.3 Å². The van der Waals surface area contributed by atoms with Crippen molar-refractivity contribution in [3.8, 4) is 0 Å². The molecule has 100 valence electrons. The van der Waals surface area contributed by atoms with E-state index >= 15 is 0 Å². The molecule has 19 heavy (non-hydrogen) atoms. The molecule has 1 aliphatic carbocycles. The number of halogens is 2. The minimum Gasteiger partial charge on any atom is -0.312 e. The molecule has 4 heteroatoms. The minimum absolute atomic E-state index is 0.456. The molecule has 0 amide bonds. The van der Waals surface area contributed by atoms with Gasteiger partial charge in [0.1, 0.15) is 0 Å². The number of benzene rings is 1. The van der Waals surface area contributed by atoms with E-state index in [2.05, 4.69) is 80.6 Å². The van der Waals surface area contributed by atoms with Gasteiger partial charge in [-0.1, -0.05) is 30.3 Å². The van der Waals surface area contributed by atoms with E-state index in [0.29, 0.717) is 17.9 Å². The fraction of sp³-hybridized carbons (Fsp3) is 0.333. The molecule has 0 spiro atoms. The smallest absolute Gasteiger partial charge is 0.0843 e. The lowest BCUT2D eigenvalue weighted by Crippen LogP contribution is -2.17. The molecule has 1 fully saturated rings. The second-order valence-electron chi connectivity index (χ2n) is 4.95. The van der Waals surface area contributed by atoms with Gasteiger partial charge in [0.05, 0.1) is 3.79 Å². The fourth-order valence-corrected chi connectivity index (χ4v) is 5.03. The Morgan fingerprint density at radius 2 is 2.00 bits per heavy atom. The van der Waals surface area contributed by atoms with E-state index in [1.165, 1.54) is 20.6 Å². The predicted octanol–water partition coefficient (Wildman–Crippen LogP) is 5.34. The molecule has 0 aliphatic heterocycles. The van der Waals surface area contributed by atoms with Crippen LogP contribution < -0.4 is 5.32 Å². The first-order valence-electron chi connectivity index (χ1n) is 6.37. The maximum absolute atomic E-state index is 3.59. The first-order valence-corrected chi connectivity index (χ1v) is 8.78. The maximum Gasteiger partial charge on any atom is 0.0843 e. The fourth-order valence-electron chi connectivity index (χ4n) is 2.75. The number of rotatable bonds is 4. The highest BCUT2D eigenvalue weighted by Gasteiger charge is 2.44. The lowest BCUT2D eigenvalue weighted by molar-refractivity contribution is 0.526. The molecule has 1 heterocycles. The average Bonchev–Trinajstić information content (AvgIpc) is 3.13. The van der Waals surface area contributed by atoms with Gasteiger partial charge < -0.3 is 5.32 Å². The van der Waals surface area contributed by atoms with Gasteiger partial charge in [0.25, 0.3) is 0 Å². The van der Waals surface area contributed by atoms with E-state index in [-0.39, 0.29) is 0 Å². The molecule has 1 aromatic carbocycles. The highest BCUT2D eigenvalue weighted by atomic mass is 79.9. The van der Waals surface area contributed by atoms with Crippen LogP contribution in [0.4, 0.5) is 0 Å². The molecule has 1 aromatic heterocycles. The van der Waals surface area contributed by atoms with Crippen LogP contribution >= 0.6 is 43.2 Å². The topological polar surface area (TPSA) is 12.0 Å². The van der Waals surface area contributed by atoms with Crippen LogP contribution in [0, 0.1) is 5.92 Å². The monoisotopic (exact) mass is 399 g/mol. The Morgan fingerprint density at radius 3 is 2.58 bits per heavy atom. The summed E-state index contributed by atoms with van der Waals surface area (Å²) < 4.78 is 2.34. The van der Waals surface area contributed by atoms with Gasteiger partial charge in [0.15, 0.2) is 0 Å². The van der Waals surface area contributed by atoms with Gasteiger partial charge in [-0.05, 0) is 68.8 Å². The SMILES string of the molecule is CNC(c1cc(Br)c(Br)s1)C1CC1c1ccccc1. The lowest BCUT2D eigenvalue weighted by Gasteiger charge is -2.14. The predicted molar refractivity (Wildman–Crippen MR) is 88.8 cm³/mol. The van der Waals surface area contributed by atoms with E-state index in [1.54, 1.807) is 0 Å². The summed E-state index contributed by atoms with van der Waals surface area (Å²) >= 11 is 8.99. The van der Waals surface area contributed by atoms with Crippen molar-refractivity contribution < 1.29 is 0 Å². The summed E-state index contributed by atoms with van der Waals surface area (Å²) in [5, 5.41) is 3.49. The number of hydrogen-bond donors (Lipinski definition) is 1. The Morgan fingerprint density at radius 1 is 1.26 bits per heavy atom. The zero-order valence-electron chi connectivity index (χ0n) is 10.6. The Hall–Kier alpha value is -0.160. The van der Waals surface area contributed by atoms with Crippen LogP contribution in [0.25, 0.3) is 0 Å². The van der Waals surface area contributed by atoms with Crippen molar-refractivity contribution in [2.45, 2.75) is 18.4 Å². The van der Waals surface area contributed by atoms with Crippen molar-refractivity contribution in [3.05, 3.63) is 55.1 Å². The first kappa shape index (κ1) is 13.8. The van der Waals surface area contributed by atoms with Gasteiger partial charge in [-0.3, -0.25) is 0 Å². The first-order chi connectivity index (χ1) is 9.20. The van der Waals surface area contributed by atoms with Gasteiger partial charge in [-0.2, -0.15) is 0 Å². The van der Waals surface area contributed by atoms with Crippen LogP contribution in [-0.4, -0.2) is 7.05 Å².